The molecule has 0 spiro atoms. The number of H-pyrrole nitrogens is 1. The summed E-state index contributed by atoms with van der Waals surface area (Å²) in [6, 6.07) is 7.79. The lowest BCUT2D eigenvalue weighted by atomic mass is 10.1. The SMILES string of the molecule is CNC(=O)c1c(=O)n(C)c(C)c2c1[nH]c1ccccc12. The number of aromatic nitrogens is 2. The summed E-state index contributed by atoms with van der Waals surface area (Å²) in [6.07, 6.45) is 0. The summed E-state index contributed by atoms with van der Waals surface area (Å²) in [5.41, 5.74) is 2.23. The fourth-order valence-corrected chi connectivity index (χ4v) is 2.64. The van der Waals surface area contributed by atoms with Gasteiger partial charge in [-0.25, -0.2) is 0 Å². The molecule has 3 aromatic rings. The van der Waals surface area contributed by atoms with Crippen LogP contribution in [0.3, 0.4) is 0 Å². The summed E-state index contributed by atoms with van der Waals surface area (Å²) in [7, 11) is 3.21. The van der Waals surface area contributed by atoms with Crippen LogP contribution in [0, 0.1) is 6.92 Å². The molecule has 5 heteroatoms. The molecule has 0 saturated carbocycles. The molecule has 2 heterocycles. The summed E-state index contributed by atoms with van der Waals surface area (Å²) in [5.74, 6) is -0.373. The van der Waals surface area contributed by atoms with E-state index < -0.39 is 0 Å². The van der Waals surface area contributed by atoms with Gasteiger partial charge in [-0.3, -0.25) is 9.59 Å². The second-order valence-corrected chi connectivity index (χ2v) is 4.82. The van der Waals surface area contributed by atoms with Crippen molar-refractivity contribution in [2.24, 2.45) is 7.05 Å². The van der Waals surface area contributed by atoms with Crippen LogP contribution in [0.2, 0.25) is 0 Å². The van der Waals surface area contributed by atoms with Gasteiger partial charge in [0.2, 0.25) is 0 Å². The number of pyridine rings is 1. The van der Waals surface area contributed by atoms with E-state index in [0.717, 1.165) is 22.0 Å². The number of aromatic amines is 1. The molecule has 1 amide bonds. The molecular formula is C15H15N3O2. The molecule has 5 nitrogen and oxygen atoms in total. The molecule has 102 valence electrons. The van der Waals surface area contributed by atoms with Gasteiger partial charge in [-0.1, -0.05) is 18.2 Å². The van der Waals surface area contributed by atoms with Crippen LogP contribution >= 0.6 is 0 Å². The summed E-state index contributed by atoms with van der Waals surface area (Å²) in [5, 5.41) is 4.47. The molecule has 0 aliphatic carbocycles. The molecule has 2 N–H and O–H groups in total. The number of aryl methyl sites for hydroxylation is 1. The van der Waals surface area contributed by atoms with Crippen LogP contribution in [0.4, 0.5) is 0 Å². The molecule has 3 rings (SSSR count). The van der Waals surface area contributed by atoms with Crippen molar-refractivity contribution in [3.05, 3.63) is 45.9 Å². The van der Waals surface area contributed by atoms with Crippen LogP contribution in [-0.4, -0.2) is 22.5 Å². The highest BCUT2D eigenvalue weighted by Gasteiger charge is 2.20. The standard InChI is InChI=1S/C15H15N3O2/c1-8-11-9-6-4-5-7-10(9)17-13(11)12(14(19)16-2)15(20)18(8)3/h4-7,17H,1-3H3,(H,16,19). The van der Waals surface area contributed by atoms with Gasteiger partial charge in [0.15, 0.2) is 0 Å². The lowest BCUT2D eigenvalue weighted by Crippen LogP contribution is -2.31. The monoisotopic (exact) mass is 269 g/mol. The molecular weight excluding hydrogens is 254 g/mol. The maximum atomic E-state index is 12.4. The Bertz CT molecular complexity index is 903. The van der Waals surface area contributed by atoms with Crippen LogP contribution in [0.15, 0.2) is 29.1 Å². The van der Waals surface area contributed by atoms with Gasteiger partial charge < -0.3 is 14.9 Å². The van der Waals surface area contributed by atoms with Crippen LogP contribution in [0.25, 0.3) is 21.8 Å². The maximum absolute atomic E-state index is 12.4. The van der Waals surface area contributed by atoms with Crippen molar-refractivity contribution < 1.29 is 4.79 Å². The van der Waals surface area contributed by atoms with Crippen molar-refractivity contribution in [3.8, 4) is 0 Å². The van der Waals surface area contributed by atoms with Gasteiger partial charge >= 0.3 is 0 Å². The first-order valence-corrected chi connectivity index (χ1v) is 6.38. The minimum Gasteiger partial charge on any atom is -0.355 e. The minimum absolute atomic E-state index is 0.159. The largest absolute Gasteiger partial charge is 0.355 e. The van der Waals surface area contributed by atoms with E-state index in [2.05, 4.69) is 10.3 Å². The van der Waals surface area contributed by atoms with Crippen molar-refractivity contribution in [3.63, 3.8) is 0 Å². The third kappa shape index (κ3) is 1.49. The van der Waals surface area contributed by atoms with Crippen LogP contribution in [0.1, 0.15) is 16.1 Å². The van der Waals surface area contributed by atoms with E-state index in [1.807, 2.05) is 31.2 Å². The number of amides is 1. The first kappa shape index (κ1) is 12.5. The second-order valence-electron chi connectivity index (χ2n) is 4.82. The summed E-state index contributed by atoms with van der Waals surface area (Å²) in [4.78, 5) is 27.6. The van der Waals surface area contributed by atoms with Crippen molar-refractivity contribution in [1.29, 1.82) is 0 Å². The highest BCUT2D eigenvalue weighted by Crippen LogP contribution is 2.28. The van der Waals surface area contributed by atoms with Crippen molar-refractivity contribution in [2.75, 3.05) is 7.05 Å². The molecule has 0 radical (unpaired) electrons. The Hall–Kier alpha value is -2.56. The predicted octanol–water partition coefficient (Wildman–Crippen LogP) is 1.69. The van der Waals surface area contributed by atoms with Crippen LogP contribution in [0.5, 0.6) is 0 Å². The zero-order chi connectivity index (χ0) is 14.4. The Morgan fingerprint density at radius 2 is 2.00 bits per heavy atom. The lowest BCUT2D eigenvalue weighted by molar-refractivity contribution is 0.0962. The van der Waals surface area contributed by atoms with E-state index in [1.54, 1.807) is 7.05 Å². The first-order valence-electron chi connectivity index (χ1n) is 6.38. The predicted molar refractivity (Wildman–Crippen MR) is 79.2 cm³/mol. The van der Waals surface area contributed by atoms with E-state index >= 15 is 0 Å². The Labute approximate surface area is 115 Å². The summed E-state index contributed by atoms with van der Waals surface area (Å²) < 4.78 is 1.52. The summed E-state index contributed by atoms with van der Waals surface area (Å²) in [6.45, 7) is 1.89. The van der Waals surface area contributed by atoms with Gasteiger partial charge in [0, 0.05) is 36.1 Å². The normalized spacial score (nSPS) is 11.2. The molecule has 0 fully saturated rings. The minimum atomic E-state index is -0.373. The molecule has 0 bridgehead atoms. The average molecular weight is 269 g/mol. The molecule has 0 saturated heterocycles. The van der Waals surface area contributed by atoms with Gasteiger partial charge in [0.05, 0.1) is 5.52 Å². The number of rotatable bonds is 1. The van der Waals surface area contributed by atoms with Gasteiger partial charge in [0.1, 0.15) is 5.56 Å². The van der Waals surface area contributed by atoms with E-state index in [4.69, 9.17) is 0 Å². The smallest absolute Gasteiger partial charge is 0.265 e. The number of nitrogens with one attached hydrogen (secondary N) is 2. The number of nitrogens with zero attached hydrogens (tertiary/aromatic N) is 1. The number of fused-ring (bicyclic) bond motifs is 3. The van der Waals surface area contributed by atoms with Gasteiger partial charge in [-0.05, 0) is 13.0 Å². The third-order valence-corrected chi connectivity index (χ3v) is 3.79. The fraction of sp³-hybridized carbons (Fsp3) is 0.200. The van der Waals surface area contributed by atoms with E-state index in [0.29, 0.717) is 5.52 Å². The Kier molecular flexibility index (Phi) is 2.64. The first-order chi connectivity index (χ1) is 9.56. The number of hydrogen-bond acceptors (Lipinski definition) is 2. The van der Waals surface area contributed by atoms with Crippen LogP contribution in [-0.2, 0) is 7.05 Å². The molecule has 0 atom stereocenters. The topological polar surface area (TPSA) is 66.9 Å². The number of hydrogen-bond donors (Lipinski definition) is 2. The maximum Gasteiger partial charge on any atom is 0.265 e. The number of para-hydroxylation sites is 1. The van der Waals surface area contributed by atoms with Gasteiger partial charge in [-0.15, -0.1) is 0 Å². The Morgan fingerprint density at radius 3 is 2.70 bits per heavy atom. The van der Waals surface area contributed by atoms with Gasteiger partial charge in [0.25, 0.3) is 11.5 Å². The molecule has 2 aromatic heterocycles. The Morgan fingerprint density at radius 1 is 1.30 bits per heavy atom. The van der Waals surface area contributed by atoms with Crippen molar-refractivity contribution in [1.82, 2.24) is 14.9 Å². The number of benzene rings is 1. The van der Waals surface area contributed by atoms with Gasteiger partial charge in [-0.2, -0.15) is 0 Å². The molecule has 0 aliphatic heterocycles. The molecule has 20 heavy (non-hydrogen) atoms. The highest BCUT2D eigenvalue weighted by atomic mass is 16.2. The summed E-state index contributed by atoms with van der Waals surface area (Å²) >= 11 is 0. The molecule has 0 unspecified atom stereocenters. The Balaban J connectivity index is 2.63. The van der Waals surface area contributed by atoms with E-state index in [1.165, 1.54) is 11.6 Å². The van der Waals surface area contributed by atoms with Crippen LogP contribution < -0.4 is 10.9 Å². The fourth-order valence-electron chi connectivity index (χ4n) is 2.64. The lowest BCUT2D eigenvalue weighted by Gasteiger charge is -2.09. The highest BCUT2D eigenvalue weighted by molar-refractivity contribution is 6.15. The zero-order valence-electron chi connectivity index (χ0n) is 11.6. The zero-order valence-corrected chi connectivity index (χ0v) is 11.6. The second kappa shape index (κ2) is 4.23. The number of carbonyl (C=O) groups is 1. The quantitative estimate of drug-likeness (QED) is 0.706. The number of carbonyl (C=O) groups excluding carboxylic acids is 1. The van der Waals surface area contributed by atoms with Crippen molar-refractivity contribution in [2.45, 2.75) is 6.92 Å². The van der Waals surface area contributed by atoms with Crippen molar-refractivity contribution >= 4 is 27.7 Å². The van der Waals surface area contributed by atoms with E-state index in [9.17, 15) is 9.59 Å². The van der Waals surface area contributed by atoms with E-state index in [-0.39, 0.29) is 17.0 Å². The molecule has 0 aliphatic rings. The molecule has 1 aromatic carbocycles. The third-order valence-electron chi connectivity index (χ3n) is 3.79. The average Bonchev–Trinajstić information content (AvgIpc) is 2.83.